The van der Waals surface area contributed by atoms with Gasteiger partial charge in [-0.3, -0.25) is 0 Å². The summed E-state index contributed by atoms with van der Waals surface area (Å²) < 4.78 is 0. The maximum Gasteiger partial charge on any atom is 0.0180 e. The van der Waals surface area contributed by atoms with Gasteiger partial charge in [0.25, 0.3) is 0 Å². The van der Waals surface area contributed by atoms with Crippen LogP contribution in [0.2, 0.25) is 0 Å². The van der Waals surface area contributed by atoms with Crippen molar-refractivity contribution in [3.63, 3.8) is 0 Å². The lowest BCUT2D eigenvalue weighted by atomic mass is 9.75. The number of hydrogen-bond acceptors (Lipinski definition) is 0. The van der Waals surface area contributed by atoms with E-state index in [9.17, 15) is 0 Å². The van der Waals surface area contributed by atoms with Gasteiger partial charge in [-0.1, -0.05) is 205 Å². The van der Waals surface area contributed by atoms with Crippen molar-refractivity contribution in [2.75, 3.05) is 0 Å². The summed E-state index contributed by atoms with van der Waals surface area (Å²) in [6.45, 7) is 48.2. The average Bonchev–Trinajstić information content (AvgIpc) is 2.96. The van der Waals surface area contributed by atoms with Crippen LogP contribution < -0.4 is 10.6 Å². The van der Waals surface area contributed by atoms with Crippen LogP contribution in [0.15, 0.2) is 24.3 Å². The lowest BCUT2D eigenvalue weighted by Gasteiger charge is -2.33. The van der Waals surface area contributed by atoms with E-state index in [4.69, 9.17) is 0 Å². The molecule has 0 bridgehead atoms. The lowest BCUT2D eigenvalue weighted by molar-refractivity contribution is 0.553. The summed E-state index contributed by atoms with van der Waals surface area (Å²) >= 11 is 0. The third-order valence-electron chi connectivity index (χ3n) is 10.9. The Morgan fingerprint density at radius 1 is 0.365 bits per heavy atom. The fourth-order valence-electron chi connectivity index (χ4n) is 7.28. The standard InChI is InChI=1S/C50H80P2/c1-21-23-25-27-35-36(28-26-24-22-2)42(52-44-39(49(15,16)17)31-34(46(6,7)8)32-40(44)50(18,19)20)41(35)51-43-37(47(9,10)11)29-33(45(3,4)5)30-38(43)48(12,13)14/h29-32H,21-28H2,1-20H3. The van der Waals surface area contributed by atoms with E-state index in [0.29, 0.717) is 0 Å². The molecule has 0 aromatic heterocycles. The third-order valence-corrected chi connectivity index (χ3v) is 13.9. The van der Waals surface area contributed by atoms with E-state index in [1.807, 2.05) is 0 Å². The molecule has 0 unspecified atom stereocenters. The molecule has 0 saturated heterocycles. The molecule has 0 atom stereocenters. The van der Waals surface area contributed by atoms with Crippen molar-refractivity contribution in [2.24, 2.45) is 0 Å². The summed E-state index contributed by atoms with van der Waals surface area (Å²) in [4.78, 5) is 3.28. The Morgan fingerprint density at radius 2 is 0.615 bits per heavy atom. The van der Waals surface area contributed by atoms with Gasteiger partial charge in [-0.15, -0.1) is 0 Å². The monoisotopic (exact) mass is 743 g/mol. The molecule has 0 radical (unpaired) electrons. The van der Waals surface area contributed by atoms with Crippen LogP contribution in [0.1, 0.15) is 222 Å². The zero-order valence-corrected chi connectivity index (χ0v) is 39.6. The summed E-state index contributed by atoms with van der Waals surface area (Å²) in [5.74, 6) is 0. The van der Waals surface area contributed by atoms with E-state index in [2.05, 4.69) is 163 Å². The summed E-state index contributed by atoms with van der Waals surface area (Å²) in [6, 6.07) is 10.3. The number of unbranched alkanes of at least 4 members (excludes halogenated alkanes) is 4. The number of hydrogen-bond donors (Lipinski definition) is 0. The molecule has 290 valence electrons. The van der Waals surface area contributed by atoms with Crippen molar-refractivity contribution < 1.29 is 0 Å². The second-order valence-corrected chi connectivity index (χ2v) is 24.4. The Bertz CT molecular complexity index is 1570. The summed E-state index contributed by atoms with van der Waals surface area (Å²) in [7, 11) is 2.82. The molecule has 0 N–H and O–H groups in total. The van der Waals surface area contributed by atoms with Crippen molar-refractivity contribution in [3.8, 4) is 0 Å². The molecule has 0 amide bonds. The van der Waals surface area contributed by atoms with Gasteiger partial charge in [-0.25, -0.2) is 0 Å². The molecule has 3 aromatic carbocycles. The van der Waals surface area contributed by atoms with Crippen LogP contribution in [0.4, 0.5) is 0 Å². The highest BCUT2D eigenvalue weighted by Gasteiger charge is 2.31. The minimum absolute atomic E-state index is 0.0451. The molecule has 0 heterocycles. The van der Waals surface area contributed by atoms with E-state index in [1.165, 1.54) is 101 Å². The molecule has 0 nitrogen and oxygen atoms in total. The third kappa shape index (κ3) is 10.8. The smallest absolute Gasteiger partial charge is 0.0180 e. The van der Waals surface area contributed by atoms with Gasteiger partial charge in [0.15, 0.2) is 0 Å². The van der Waals surface area contributed by atoms with Crippen LogP contribution in [0.5, 0.6) is 0 Å². The lowest BCUT2D eigenvalue weighted by Crippen LogP contribution is -2.30. The number of benzene rings is 2. The van der Waals surface area contributed by atoms with Gasteiger partial charge in [0, 0.05) is 20.5 Å². The second kappa shape index (κ2) is 16.3. The average molecular weight is 743 g/mol. The molecule has 3 rings (SSSR count). The normalized spacial score (nSPS) is 14.6. The first-order chi connectivity index (χ1) is 23.5. The molecule has 0 spiro atoms. The maximum atomic E-state index is 2.58. The topological polar surface area (TPSA) is 0 Å². The first-order valence-corrected chi connectivity index (χ1v) is 22.6. The minimum atomic E-state index is 0.0451. The first kappa shape index (κ1) is 44.9. The molecule has 3 aromatic rings. The van der Waals surface area contributed by atoms with Crippen LogP contribution >= 0.6 is 16.4 Å². The first-order valence-electron chi connectivity index (χ1n) is 20.8. The van der Waals surface area contributed by atoms with Gasteiger partial charge in [0.05, 0.1) is 0 Å². The highest BCUT2D eigenvalue weighted by molar-refractivity contribution is 7.42. The fourth-order valence-corrected chi connectivity index (χ4v) is 11.4. The molecular weight excluding hydrogens is 662 g/mol. The molecular formula is C50H80P2. The Hall–Kier alpha value is -1.48. The van der Waals surface area contributed by atoms with Gasteiger partial charge in [-0.05, 0) is 103 Å². The maximum absolute atomic E-state index is 2.58. The molecule has 0 saturated carbocycles. The fraction of sp³-hybridized carbons (Fsp3) is 0.680. The SMILES string of the molecule is CCCCCc1c(CCCCC)c(=Pc2c(C(C)(C)C)cc(C(C)(C)C)cc2C(C)(C)C)c1=Pc1c(C(C)(C)C)cc(C(C)(C)C)cc1C(C)(C)C. The van der Waals surface area contributed by atoms with Crippen molar-refractivity contribution in [1.82, 2.24) is 0 Å². The van der Waals surface area contributed by atoms with Gasteiger partial charge in [0.1, 0.15) is 0 Å². The van der Waals surface area contributed by atoms with Gasteiger partial charge >= 0.3 is 0 Å². The Kier molecular flexibility index (Phi) is 14.1. The molecule has 0 aliphatic heterocycles. The van der Waals surface area contributed by atoms with E-state index in [1.54, 1.807) is 31.6 Å². The molecule has 0 fully saturated rings. The highest BCUT2D eigenvalue weighted by atomic mass is 31.1. The molecule has 0 aliphatic carbocycles. The highest BCUT2D eigenvalue weighted by Crippen LogP contribution is 2.41. The van der Waals surface area contributed by atoms with Crippen molar-refractivity contribution >= 4 is 27.0 Å². The quantitative estimate of drug-likeness (QED) is 0.143. The van der Waals surface area contributed by atoms with E-state index < -0.39 is 0 Å². The van der Waals surface area contributed by atoms with Crippen LogP contribution in [-0.4, -0.2) is 0 Å². The number of rotatable bonds is 10. The Morgan fingerprint density at radius 3 is 0.808 bits per heavy atom. The van der Waals surface area contributed by atoms with Gasteiger partial charge in [0.2, 0.25) is 0 Å². The summed E-state index contributed by atoms with van der Waals surface area (Å²) in [5.41, 5.74) is 12.8. The molecule has 52 heavy (non-hydrogen) atoms. The van der Waals surface area contributed by atoms with Gasteiger partial charge in [-0.2, -0.15) is 0 Å². The van der Waals surface area contributed by atoms with Crippen molar-refractivity contribution in [1.29, 1.82) is 0 Å². The minimum Gasteiger partial charge on any atom is -0.0654 e. The second-order valence-electron chi connectivity index (χ2n) is 22.1. The predicted octanol–water partition coefficient (Wildman–Crippen LogP) is 15.4. The largest absolute Gasteiger partial charge is 0.0654 e. The zero-order valence-electron chi connectivity index (χ0n) is 37.9. The van der Waals surface area contributed by atoms with Crippen LogP contribution in [0.3, 0.4) is 0 Å². The van der Waals surface area contributed by atoms with E-state index >= 15 is 0 Å². The van der Waals surface area contributed by atoms with E-state index in [0.717, 1.165) is 0 Å². The Balaban J connectivity index is 2.71. The van der Waals surface area contributed by atoms with Gasteiger partial charge < -0.3 is 0 Å². The van der Waals surface area contributed by atoms with Crippen molar-refractivity contribution in [2.45, 2.75) is 222 Å². The van der Waals surface area contributed by atoms with Crippen LogP contribution in [-0.2, 0) is 45.3 Å². The predicted molar refractivity (Wildman–Crippen MR) is 240 cm³/mol. The van der Waals surface area contributed by atoms with E-state index in [-0.39, 0.29) is 32.5 Å². The molecule has 0 aliphatic rings. The summed E-state index contributed by atoms with van der Waals surface area (Å²) in [6.07, 6.45) is 10.1. The molecule has 2 heteroatoms. The Labute approximate surface area is 326 Å². The zero-order chi connectivity index (χ0) is 39.8. The van der Waals surface area contributed by atoms with Crippen LogP contribution in [0.25, 0.3) is 0 Å². The summed E-state index contributed by atoms with van der Waals surface area (Å²) in [5, 5.41) is 3.12. The van der Waals surface area contributed by atoms with Crippen molar-refractivity contribution in [3.05, 3.63) is 78.7 Å². The van der Waals surface area contributed by atoms with Crippen LogP contribution in [0, 0.1) is 9.88 Å².